The number of aromatic nitrogens is 2. The van der Waals surface area contributed by atoms with Crippen molar-refractivity contribution in [3.63, 3.8) is 0 Å². The molecule has 1 aromatic heterocycles. The minimum Gasteiger partial charge on any atom is -0.349 e. The van der Waals surface area contributed by atoms with Gasteiger partial charge in [-0.15, -0.1) is 0 Å². The molecule has 0 spiro atoms. The largest absolute Gasteiger partial charge is 0.349 e. The molecule has 0 aliphatic carbocycles. The summed E-state index contributed by atoms with van der Waals surface area (Å²) in [6, 6.07) is 2.57. The standard InChI is InChI=1S/C11H18N4O2/c1-7(2)5-8(12)6-13-11(17)9-3-4-10(16)15-14-9/h3-4,7-8H,5-6,12H2,1-2H3,(H,13,17)(H,15,16). The van der Waals surface area contributed by atoms with E-state index in [1.54, 1.807) is 0 Å². The fraction of sp³-hybridized carbons (Fsp3) is 0.545. The summed E-state index contributed by atoms with van der Waals surface area (Å²) in [6.45, 7) is 4.55. The van der Waals surface area contributed by atoms with Crippen molar-refractivity contribution < 1.29 is 4.79 Å². The van der Waals surface area contributed by atoms with Crippen molar-refractivity contribution in [3.8, 4) is 0 Å². The van der Waals surface area contributed by atoms with E-state index in [4.69, 9.17) is 5.73 Å². The molecule has 1 atom stereocenters. The van der Waals surface area contributed by atoms with Crippen molar-refractivity contribution in [2.45, 2.75) is 26.3 Å². The highest BCUT2D eigenvalue weighted by Crippen LogP contribution is 2.01. The van der Waals surface area contributed by atoms with Crippen LogP contribution in [-0.2, 0) is 0 Å². The Morgan fingerprint density at radius 3 is 2.76 bits per heavy atom. The Morgan fingerprint density at radius 1 is 1.53 bits per heavy atom. The second kappa shape index (κ2) is 6.15. The van der Waals surface area contributed by atoms with Gasteiger partial charge in [-0.25, -0.2) is 5.10 Å². The molecular weight excluding hydrogens is 220 g/mol. The highest BCUT2D eigenvalue weighted by atomic mass is 16.2. The van der Waals surface area contributed by atoms with Crippen LogP contribution < -0.4 is 16.6 Å². The predicted octanol–water partition coefficient (Wildman–Crippen LogP) is -0.127. The first kappa shape index (κ1) is 13.4. The summed E-state index contributed by atoms with van der Waals surface area (Å²) < 4.78 is 0. The Kier molecular flexibility index (Phi) is 4.84. The van der Waals surface area contributed by atoms with Crippen LogP contribution in [0.3, 0.4) is 0 Å². The average molecular weight is 238 g/mol. The molecule has 4 N–H and O–H groups in total. The first-order chi connectivity index (χ1) is 7.99. The maximum atomic E-state index is 11.6. The van der Waals surface area contributed by atoms with E-state index in [-0.39, 0.29) is 23.2 Å². The van der Waals surface area contributed by atoms with Gasteiger partial charge < -0.3 is 11.1 Å². The minimum absolute atomic E-state index is 0.0679. The lowest BCUT2D eigenvalue weighted by atomic mass is 10.0. The normalized spacial score (nSPS) is 12.5. The number of nitrogens with two attached hydrogens (primary N) is 1. The lowest BCUT2D eigenvalue weighted by Gasteiger charge is -2.14. The van der Waals surface area contributed by atoms with E-state index in [2.05, 4.69) is 29.4 Å². The molecule has 1 rings (SSSR count). The maximum absolute atomic E-state index is 11.6. The monoisotopic (exact) mass is 238 g/mol. The highest BCUT2D eigenvalue weighted by Gasteiger charge is 2.10. The van der Waals surface area contributed by atoms with Gasteiger partial charge in [0.2, 0.25) is 0 Å². The SMILES string of the molecule is CC(C)CC(N)CNC(=O)c1ccc(=O)[nH]n1. The van der Waals surface area contributed by atoms with Gasteiger partial charge in [-0.2, -0.15) is 5.10 Å². The first-order valence-corrected chi connectivity index (χ1v) is 5.58. The molecule has 17 heavy (non-hydrogen) atoms. The third kappa shape index (κ3) is 4.78. The maximum Gasteiger partial charge on any atom is 0.271 e. The summed E-state index contributed by atoms with van der Waals surface area (Å²) in [6.07, 6.45) is 0.847. The van der Waals surface area contributed by atoms with Crippen LogP contribution in [0.5, 0.6) is 0 Å². The van der Waals surface area contributed by atoms with Gasteiger partial charge in [0.1, 0.15) is 5.69 Å². The second-order valence-electron chi connectivity index (χ2n) is 4.41. The first-order valence-electron chi connectivity index (χ1n) is 5.58. The topological polar surface area (TPSA) is 101 Å². The summed E-state index contributed by atoms with van der Waals surface area (Å²) in [5.74, 6) is 0.161. The Hall–Kier alpha value is -1.69. The van der Waals surface area contributed by atoms with Crippen molar-refractivity contribution in [1.82, 2.24) is 15.5 Å². The molecule has 0 aromatic carbocycles. The Morgan fingerprint density at radius 2 is 2.24 bits per heavy atom. The summed E-state index contributed by atoms with van der Waals surface area (Å²) >= 11 is 0. The summed E-state index contributed by atoms with van der Waals surface area (Å²) in [5.41, 5.74) is 5.68. The molecular formula is C11H18N4O2. The third-order valence-electron chi connectivity index (χ3n) is 2.21. The van der Waals surface area contributed by atoms with E-state index in [1.807, 2.05) is 0 Å². The molecule has 0 aliphatic rings. The van der Waals surface area contributed by atoms with Crippen molar-refractivity contribution in [2.24, 2.45) is 11.7 Å². The molecule has 0 saturated carbocycles. The van der Waals surface area contributed by atoms with Crippen molar-refractivity contribution in [1.29, 1.82) is 0 Å². The molecule has 0 saturated heterocycles. The van der Waals surface area contributed by atoms with Gasteiger partial charge >= 0.3 is 0 Å². The molecule has 1 unspecified atom stereocenters. The summed E-state index contributed by atoms with van der Waals surface area (Å²) in [4.78, 5) is 22.4. The zero-order valence-electron chi connectivity index (χ0n) is 10.1. The van der Waals surface area contributed by atoms with E-state index < -0.39 is 0 Å². The minimum atomic E-state index is -0.335. The zero-order valence-corrected chi connectivity index (χ0v) is 10.1. The number of amides is 1. The summed E-state index contributed by atoms with van der Waals surface area (Å²) in [5, 5.41) is 8.50. The lowest BCUT2D eigenvalue weighted by molar-refractivity contribution is 0.0944. The highest BCUT2D eigenvalue weighted by molar-refractivity contribution is 5.91. The fourth-order valence-electron chi connectivity index (χ4n) is 1.47. The van der Waals surface area contributed by atoms with Crippen molar-refractivity contribution in [2.75, 3.05) is 6.54 Å². The number of nitrogens with zero attached hydrogens (tertiary/aromatic N) is 1. The van der Waals surface area contributed by atoms with Crippen LogP contribution in [0.1, 0.15) is 30.8 Å². The number of carbonyl (C=O) groups excluding carboxylic acids is 1. The number of hydrogen-bond acceptors (Lipinski definition) is 4. The van der Waals surface area contributed by atoms with Crippen molar-refractivity contribution in [3.05, 3.63) is 28.2 Å². The van der Waals surface area contributed by atoms with E-state index in [0.29, 0.717) is 12.5 Å². The number of rotatable bonds is 5. The van der Waals surface area contributed by atoms with Gasteiger partial charge in [0.15, 0.2) is 0 Å². The number of aromatic amines is 1. The average Bonchev–Trinajstić information content (AvgIpc) is 2.26. The Bertz CT molecular complexity index is 407. The number of H-pyrrole nitrogens is 1. The van der Waals surface area contributed by atoms with E-state index in [9.17, 15) is 9.59 Å². The van der Waals surface area contributed by atoms with Gasteiger partial charge in [-0.3, -0.25) is 9.59 Å². The van der Waals surface area contributed by atoms with Crippen LogP contribution in [0.25, 0.3) is 0 Å². The second-order valence-corrected chi connectivity index (χ2v) is 4.41. The molecule has 0 bridgehead atoms. The Labute approximate surface area is 99.6 Å². The molecule has 0 radical (unpaired) electrons. The van der Waals surface area contributed by atoms with Gasteiger partial charge in [-0.1, -0.05) is 13.8 Å². The van der Waals surface area contributed by atoms with E-state index >= 15 is 0 Å². The van der Waals surface area contributed by atoms with E-state index in [0.717, 1.165) is 6.42 Å². The molecule has 1 aromatic rings. The van der Waals surface area contributed by atoms with Gasteiger partial charge in [-0.05, 0) is 18.4 Å². The molecule has 0 fully saturated rings. The molecule has 94 valence electrons. The van der Waals surface area contributed by atoms with Crippen molar-refractivity contribution >= 4 is 5.91 Å². The molecule has 6 heteroatoms. The quantitative estimate of drug-likeness (QED) is 0.665. The number of carbonyl (C=O) groups is 1. The third-order valence-corrected chi connectivity index (χ3v) is 2.21. The van der Waals surface area contributed by atoms with Crippen LogP contribution in [0.2, 0.25) is 0 Å². The molecule has 1 amide bonds. The zero-order chi connectivity index (χ0) is 12.8. The van der Waals surface area contributed by atoms with Gasteiger partial charge in [0, 0.05) is 18.7 Å². The van der Waals surface area contributed by atoms with Crippen LogP contribution in [0.15, 0.2) is 16.9 Å². The smallest absolute Gasteiger partial charge is 0.271 e. The van der Waals surface area contributed by atoms with Crippen LogP contribution >= 0.6 is 0 Å². The Balaban J connectivity index is 2.44. The van der Waals surface area contributed by atoms with Crippen LogP contribution in [0.4, 0.5) is 0 Å². The number of hydrogen-bond donors (Lipinski definition) is 3. The molecule has 6 nitrogen and oxygen atoms in total. The van der Waals surface area contributed by atoms with E-state index in [1.165, 1.54) is 12.1 Å². The molecule has 0 aliphatic heterocycles. The van der Waals surface area contributed by atoms with Gasteiger partial charge in [0.25, 0.3) is 11.5 Å². The van der Waals surface area contributed by atoms with Crippen LogP contribution in [-0.4, -0.2) is 28.7 Å². The number of nitrogens with one attached hydrogen (secondary N) is 2. The van der Waals surface area contributed by atoms with Gasteiger partial charge in [0.05, 0.1) is 0 Å². The van der Waals surface area contributed by atoms with Crippen LogP contribution in [0, 0.1) is 5.92 Å². The predicted molar refractivity (Wildman–Crippen MR) is 64.6 cm³/mol. The summed E-state index contributed by atoms with van der Waals surface area (Å²) in [7, 11) is 0. The fourth-order valence-corrected chi connectivity index (χ4v) is 1.47. The lowest BCUT2D eigenvalue weighted by Crippen LogP contribution is -2.38. The molecule has 1 heterocycles.